The Morgan fingerprint density at radius 3 is 2.36 bits per heavy atom. The van der Waals surface area contributed by atoms with Gasteiger partial charge in [-0.2, -0.15) is 0 Å². The Morgan fingerprint density at radius 1 is 1.00 bits per heavy atom. The summed E-state index contributed by atoms with van der Waals surface area (Å²) in [5.74, 6) is -1.07. The number of halogens is 2. The van der Waals surface area contributed by atoms with E-state index >= 15 is 0 Å². The monoisotopic (exact) mass is 338 g/mol. The predicted molar refractivity (Wildman–Crippen MR) is 103 cm³/mol. The summed E-state index contributed by atoms with van der Waals surface area (Å²) in [6, 6.07) is 11.1. The molecule has 0 saturated heterocycles. The molecular formula is C23H24F2. The molecule has 3 rings (SSSR count). The van der Waals surface area contributed by atoms with Crippen molar-refractivity contribution in [3.05, 3.63) is 72.1 Å². The lowest BCUT2D eigenvalue weighted by atomic mass is 9.81. The van der Waals surface area contributed by atoms with E-state index in [1.54, 1.807) is 18.2 Å². The highest BCUT2D eigenvalue weighted by Gasteiger charge is 2.25. The molecule has 0 N–H and O–H groups in total. The molecule has 0 heterocycles. The van der Waals surface area contributed by atoms with E-state index in [0.29, 0.717) is 24.3 Å². The summed E-state index contributed by atoms with van der Waals surface area (Å²) in [6.45, 7) is 5.76. The largest absolute Gasteiger partial charge is 0.208 e. The SMILES string of the molecule is C=Cc1ccc2cc(C(F)=C(F)C3CCC(/C=C/C)CC3)ccc2c1. The maximum absolute atomic E-state index is 14.7. The summed E-state index contributed by atoms with van der Waals surface area (Å²) in [6.07, 6.45) is 9.28. The van der Waals surface area contributed by atoms with Gasteiger partial charge < -0.3 is 0 Å². The minimum atomic E-state index is -0.704. The molecule has 130 valence electrons. The molecule has 0 amide bonds. The molecule has 2 aromatic rings. The maximum atomic E-state index is 14.7. The molecule has 0 aromatic heterocycles. The van der Waals surface area contributed by atoms with Crippen LogP contribution in [0.3, 0.4) is 0 Å². The summed E-state index contributed by atoms with van der Waals surface area (Å²) < 4.78 is 29.4. The molecule has 0 atom stereocenters. The average Bonchev–Trinajstić information content (AvgIpc) is 2.67. The van der Waals surface area contributed by atoms with Gasteiger partial charge in [0.2, 0.25) is 0 Å². The van der Waals surface area contributed by atoms with Crippen molar-refractivity contribution < 1.29 is 8.78 Å². The Hall–Kier alpha value is -2.22. The first-order valence-corrected chi connectivity index (χ1v) is 8.97. The highest BCUT2D eigenvalue weighted by molar-refractivity contribution is 5.87. The van der Waals surface area contributed by atoms with Crippen molar-refractivity contribution >= 4 is 22.7 Å². The summed E-state index contributed by atoms with van der Waals surface area (Å²) in [5, 5.41) is 1.91. The van der Waals surface area contributed by atoms with Gasteiger partial charge in [-0.1, -0.05) is 49.1 Å². The standard InChI is InChI=1S/C23H24F2/c1-3-5-17-7-9-18(10-8-17)22(24)23(25)21-13-12-19-14-16(4-2)6-11-20(19)15-21/h3-6,11-15,17-18H,2,7-10H2,1H3/b5-3+,23-22?. The first-order chi connectivity index (χ1) is 12.1. The third-order valence-electron chi connectivity index (χ3n) is 5.16. The van der Waals surface area contributed by atoms with E-state index in [1.165, 1.54) is 0 Å². The first-order valence-electron chi connectivity index (χ1n) is 8.97. The average molecular weight is 338 g/mol. The molecule has 0 aliphatic heterocycles. The van der Waals surface area contributed by atoms with E-state index in [-0.39, 0.29) is 5.92 Å². The minimum absolute atomic E-state index is 0.291. The summed E-state index contributed by atoms with van der Waals surface area (Å²) in [5.41, 5.74) is 1.34. The zero-order chi connectivity index (χ0) is 17.8. The van der Waals surface area contributed by atoms with Crippen LogP contribution < -0.4 is 0 Å². The van der Waals surface area contributed by atoms with Crippen LogP contribution in [-0.2, 0) is 0 Å². The maximum Gasteiger partial charge on any atom is 0.162 e. The van der Waals surface area contributed by atoms with E-state index < -0.39 is 11.7 Å². The molecule has 0 nitrogen and oxygen atoms in total. The normalized spacial score (nSPS) is 22.2. The minimum Gasteiger partial charge on any atom is -0.208 e. The van der Waals surface area contributed by atoms with Gasteiger partial charge in [0.15, 0.2) is 5.83 Å². The van der Waals surface area contributed by atoms with Crippen LogP contribution in [0.1, 0.15) is 43.7 Å². The molecule has 1 saturated carbocycles. The summed E-state index contributed by atoms with van der Waals surface area (Å²) >= 11 is 0. The number of rotatable bonds is 4. The lowest BCUT2D eigenvalue weighted by molar-refractivity contribution is 0.304. The number of fused-ring (bicyclic) bond motifs is 1. The van der Waals surface area contributed by atoms with Crippen molar-refractivity contribution in [3.63, 3.8) is 0 Å². The van der Waals surface area contributed by atoms with Crippen LogP contribution in [0.15, 0.2) is 61.0 Å². The van der Waals surface area contributed by atoms with E-state index in [0.717, 1.165) is 29.2 Å². The van der Waals surface area contributed by atoms with Crippen LogP contribution >= 0.6 is 0 Å². The van der Waals surface area contributed by atoms with Gasteiger partial charge in [-0.05, 0) is 67.0 Å². The fourth-order valence-corrected chi connectivity index (χ4v) is 3.68. The fourth-order valence-electron chi connectivity index (χ4n) is 3.68. The van der Waals surface area contributed by atoms with Crippen LogP contribution in [0, 0.1) is 11.8 Å². The number of hydrogen-bond acceptors (Lipinski definition) is 0. The van der Waals surface area contributed by atoms with Crippen molar-refractivity contribution in [2.24, 2.45) is 11.8 Å². The number of allylic oxidation sites excluding steroid dienone is 3. The highest BCUT2D eigenvalue weighted by Crippen LogP contribution is 2.38. The predicted octanol–water partition coefficient (Wildman–Crippen LogP) is 7.47. The molecule has 0 unspecified atom stereocenters. The zero-order valence-corrected chi connectivity index (χ0v) is 14.6. The third-order valence-corrected chi connectivity index (χ3v) is 5.16. The van der Waals surface area contributed by atoms with Gasteiger partial charge >= 0.3 is 0 Å². The Morgan fingerprint density at radius 2 is 1.68 bits per heavy atom. The van der Waals surface area contributed by atoms with Gasteiger partial charge in [-0.25, -0.2) is 8.78 Å². The van der Waals surface area contributed by atoms with Gasteiger partial charge in [0.25, 0.3) is 0 Å². The van der Waals surface area contributed by atoms with E-state index in [2.05, 4.69) is 12.7 Å². The second-order valence-electron chi connectivity index (χ2n) is 6.82. The quantitative estimate of drug-likeness (QED) is 0.507. The summed E-state index contributed by atoms with van der Waals surface area (Å²) in [7, 11) is 0. The van der Waals surface area contributed by atoms with Crippen LogP contribution in [0.5, 0.6) is 0 Å². The van der Waals surface area contributed by atoms with Gasteiger partial charge in [-0.15, -0.1) is 0 Å². The second kappa shape index (κ2) is 7.77. The van der Waals surface area contributed by atoms with Crippen molar-refractivity contribution in [2.45, 2.75) is 32.6 Å². The van der Waals surface area contributed by atoms with Gasteiger partial charge in [0.1, 0.15) is 5.83 Å². The van der Waals surface area contributed by atoms with Crippen molar-refractivity contribution in [3.8, 4) is 0 Å². The van der Waals surface area contributed by atoms with Crippen molar-refractivity contribution in [1.82, 2.24) is 0 Å². The molecule has 1 aliphatic rings. The first kappa shape index (κ1) is 17.6. The van der Waals surface area contributed by atoms with Crippen molar-refractivity contribution in [1.29, 1.82) is 0 Å². The van der Waals surface area contributed by atoms with Gasteiger partial charge in [0.05, 0.1) is 0 Å². The van der Waals surface area contributed by atoms with Crippen LogP contribution in [0.2, 0.25) is 0 Å². The molecule has 0 radical (unpaired) electrons. The number of hydrogen-bond donors (Lipinski definition) is 0. The Kier molecular flexibility index (Phi) is 5.47. The molecule has 25 heavy (non-hydrogen) atoms. The molecule has 2 heteroatoms. The summed E-state index contributed by atoms with van der Waals surface area (Å²) in [4.78, 5) is 0. The molecule has 2 aromatic carbocycles. The van der Waals surface area contributed by atoms with Crippen LogP contribution in [0.25, 0.3) is 22.7 Å². The Balaban J connectivity index is 1.83. The Labute approximate surface area is 148 Å². The van der Waals surface area contributed by atoms with Crippen LogP contribution in [0.4, 0.5) is 8.78 Å². The van der Waals surface area contributed by atoms with Crippen molar-refractivity contribution in [2.75, 3.05) is 0 Å². The smallest absolute Gasteiger partial charge is 0.162 e. The van der Waals surface area contributed by atoms with Gasteiger partial charge in [-0.3, -0.25) is 0 Å². The molecule has 1 fully saturated rings. The van der Waals surface area contributed by atoms with E-state index in [1.807, 2.05) is 37.3 Å². The van der Waals surface area contributed by atoms with E-state index in [9.17, 15) is 8.78 Å². The molecular weight excluding hydrogens is 314 g/mol. The third kappa shape index (κ3) is 3.89. The topological polar surface area (TPSA) is 0 Å². The molecule has 1 aliphatic carbocycles. The zero-order valence-electron chi connectivity index (χ0n) is 14.6. The second-order valence-corrected chi connectivity index (χ2v) is 6.82. The molecule has 0 spiro atoms. The fraction of sp³-hybridized carbons (Fsp3) is 0.304. The van der Waals surface area contributed by atoms with Crippen LogP contribution in [-0.4, -0.2) is 0 Å². The molecule has 0 bridgehead atoms. The van der Waals surface area contributed by atoms with E-state index in [4.69, 9.17) is 0 Å². The lowest BCUT2D eigenvalue weighted by Gasteiger charge is -2.25. The van der Waals surface area contributed by atoms with Gasteiger partial charge in [0, 0.05) is 11.5 Å². The Bertz CT molecular complexity index is 821. The number of benzene rings is 2. The lowest BCUT2D eigenvalue weighted by Crippen LogP contribution is -2.14. The highest BCUT2D eigenvalue weighted by atomic mass is 19.2.